The molecule has 6 nitrogen and oxygen atoms in total. The third kappa shape index (κ3) is 4.59. The molecule has 142 valence electrons. The lowest BCUT2D eigenvalue weighted by molar-refractivity contribution is -0.126. The predicted molar refractivity (Wildman–Crippen MR) is 96.5 cm³/mol. The Labute approximate surface area is 153 Å². The largest absolute Gasteiger partial charge is 0.379 e. The summed E-state index contributed by atoms with van der Waals surface area (Å²) >= 11 is 0. The number of halogens is 1. The number of nitrogens with zero attached hydrogens (tertiary/aromatic N) is 2. The number of morpholine rings is 1. The first-order chi connectivity index (χ1) is 12.5. The molecule has 2 heterocycles. The summed E-state index contributed by atoms with van der Waals surface area (Å²) in [6.45, 7) is 6.93. The molecule has 2 saturated heterocycles. The van der Waals surface area contributed by atoms with Gasteiger partial charge < -0.3 is 15.0 Å². The van der Waals surface area contributed by atoms with Crippen LogP contribution in [-0.4, -0.2) is 62.7 Å². The number of carbonyl (C=O) groups excluding carboxylic acids is 2. The molecule has 3 rings (SSSR count). The van der Waals surface area contributed by atoms with Crippen molar-refractivity contribution in [3.8, 4) is 0 Å². The van der Waals surface area contributed by atoms with Crippen LogP contribution in [0.4, 0.5) is 10.1 Å². The molecule has 0 saturated carbocycles. The summed E-state index contributed by atoms with van der Waals surface area (Å²) in [5, 5.41) is 2.91. The number of hydrogen-bond acceptors (Lipinski definition) is 4. The van der Waals surface area contributed by atoms with Gasteiger partial charge in [-0.15, -0.1) is 0 Å². The van der Waals surface area contributed by atoms with Crippen LogP contribution in [0.15, 0.2) is 18.2 Å². The molecule has 2 aliphatic rings. The van der Waals surface area contributed by atoms with Gasteiger partial charge in [0.25, 0.3) is 0 Å². The van der Waals surface area contributed by atoms with Crippen LogP contribution >= 0.6 is 0 Å². The molecule has 1 atom stereocenters. The van der Waals surface area contributed by atoms with Crippen molar-refractivity contribution in [1.82, 2.24) is 10.2 Å². The minimum atomic E-state index is -0.426. The molecule has 7 heteroatoms. The first-order valence-corrected chi connectivity index (χ1v) is 9.19. The zero-order valence-electron chi connectivity index (χ0n) is 15.2. The molecule has 1 aromatic rings. The van der Waals surface area contributed by atoms with E-state index in [1.54, 1.807) is 19.1 Å². The van der Waals surface area contributed by atoms with E-state index in [-0.39, 0.29) is 30.5 Å². The fraction of sp³-hybridized carbons (Fsp3) is 0.579. The highest BCUT2D eigenvalue weighted by Gasteiger charge is 2.36. The fourth-order valence-corrected chi connectivity index (χ4v) is 3.43. The molecular weight excluding hydrogens is 337 g/mol. The first-order valence-electron chi connectivity index (χ1n) is 9.19. The zero-order valence-corrected chi connectivity index (χ0v) is 15.2. The number of carbonyl (C=O) groups is 2. The molecule has 0 aliphatic carbocycles. The van der Waals surface area contributed by atoms with Crippen molar-refractivity contribution in [2.45, 2.75) is 19.8 Å². The second-order valence-corrected chi connectivity index (χ2v) is 6.96. The molecule has 0 bridgehead atoms. The van der Waals surface area contributed by atoms with Gasteiger partial charge in [0.15, 0.2) is 0 Å². The zero-order chi connectivity index (χ0) is 18.5. The van der Waals surface area contributed by atoms with Gasteiger partial charge in [0, 0.05) is 32.6 Å². The highest BCUT2D eigenvalue weighted by Crippen LogP contribution is 2.28. The van der Waals surface area contributed by atoms with Gasteiger partial charge in [-0.3, -0.25) is 14.5 Å². The number of benzene rings is 1. The molecule has 2 fully saturated rings. The average molecular weight is 363 g/mol. The van der Waals surface area contributed by atoms with Crippen LogP contribution in [0.1, 0.15) is 18.4 Å². The summed E-state index contributed by atoms with van der Waals surface area (Å²) in [7, 11) is 0. The van der Waals surface area contributed by atoms with Gasteiger partial charge in [0.05, 0.1) is 24.8 Å². The normalized spacial score (nSPS) is 21.2. The molecule has 0 spiro atoms. The monoisotopic (exact) mass is 363 g/mol. The lowest BCUT2D eigenvalue weighted by Crippen LogP contribution is -2.39. The lowest BCUT2D eigenvalue weighted by atomic mass is 10.1. The maximum absolute atomic E-state index is 14.1. The van der Waals surface area contributed by atoms with Crippen LogP contribution in [0.2, 0.25) is 0 Å². The van der Waals surface area contributed by atoms with Crippen molar-refractivity contribution in [3.05, 3.63) is 29.6 Å². The average Bonchev–Trinajstić information content (AvgIpc) is 3.01. The van der Waals surface area contributed by atoms with E-state index in [2.05, 4.69) is 10.2 Å². The van der Waals surface area contributed by atoms with Crippen molar-refractivity contribution < 1.29 is 18.7 Å². The SMILES string of the molecule is Cc1ccc(N2CC(C(=O)NCCCN3CCOCC3)CC2=O)c(F)c1. The third-order valence-electron chi connectivity index (χ3n) is 4.94. The van der Waals surface area contributed by atoms with E-state index in [4.69, 9.17) is 4.74 Å². The van der Waals surface area contributed by atoms with E-state index in [9.17, 15) is 14.0 Å². The molecule has 1 aromatic carbocycles. The fourth-order valence-electron chi connectivity index (χ4n) is 3.43. The standard InChI is InChI=1S/C19H26FN3O3/c1-14-3-4-17(16(20)11-14)23-13-15(12-18(23)24)19(25)21-5-2-6-22-7-9-26-10-8-22/h3-4,11,15H,2,5-10,12-13H2,1H3,(H,21,25). The Kier molecular flexibility index (Phi) is 6.21. The Morgan fingerprint density at radius 1 is 1.35 bits per heavy atom. The van der Waals surface area contributed by atoms with Crippen LogP contribution in [0, 0.1) is 18.7 Å². The van der Waals surface area contributed by atoms with Crippen LogP contribution in [0.3, 0.4) is 0 Å². The summed E-state index contributed by atoms with van der Waals surface area (Å²) in [5.41, 5.74) is 1.05. The Morgan fingerprint density at radius 2 is 2.12 bits per heavy atom. The summed E-state index contributed by atoms with van der Waals surface area (Å²) in [6.07, 6.45) is 0.991. The molecule has 1 N–H and O–H groups in total. The van der Waals surface area contributed by atoms with Crippen molar-refractivity contribution in [3.63, 3.8) is 0 Å². The molecule has 2 aliphatic heterocycles. The van der Waals surface area contributed by atoms with Gasteiger partial charge in [0.1, 0.15) is 5.82 Å². The minimum Gasteiger partial charge on any atom is -0.379 e. The first kappa shape index (κ1) is 18.8. The second kappa shape index (κ2) is 8.60. The maximum atomic E-state index is 14.1. The number of rotatable bonds is 6. The van der Waals surface area contributed by atoms with Gasteiger partial charge in [-0.2, -0.15) is 0 Å². The van der Waals surface area contributed by atoms with Crippen molar-refractivity contribution in [2.75, 3.05) is 50.8 Å². The van der Waals surface area contributed by atoms with E-state index < -0.39 is 11.7 Å². The van der Waals surface area contributed by atoms with Crippen molar-refractivity contribution >= 4 is 17.5 Å². The van der Waals surface area contributed by atoms with Crippen LogP contribution in [0.5, 0.6) is 0 Å². The van der Waals surface area contributed by atoms with E-state index in [0.29, 0.717) is 6.54 Å². The predicted octanol–water partition coefficient (Wildman–Crippen LogP) is 1.33. The van der Waals surface area contributed by atoms with Gasteiger partial charge in [-0.1, -0.05) is 6.07 Å². The Morgan fingerprint density at radius 3 is 2.85 bits per heavy atom. The van der Waals surface area contributed by atoms with Crippen molar-refractivity contribution in [1.29, 1.82) is 0 Å². The smallest absolute Gasteiger partial charge is 0.227 e. The number of hydrogen-bond donors (Lipinski definition) is 1. The van der Waals surface area contributed by atoms with E-state index in [0.717, 1.165) is 44.8 Å². The lowest BCUT2D eigenvalue weighted by Gasteiger charge is -2.26. The summed E-state index contributed by atoms with van der Waals surface area (Å²) in [6, 6.07) is 4.78. The van der Waals surface area contributed by atoms with Gasteiger partial charge in [-0.25, -0.2) is 4.39 Å². The molecule has 26 heavy (non-hydrogen) atoms. The molecular formula is C19H26FN3O3. The molecule has 0 aromatic heterocycles. The summed E-state index contributed by atoms with van der Waals surface area (Å²) in [5.74, 6) is -1.19. The number of nitrogens with one attached hydrogen (secondary N) is 1. The Balaban J connectivity index is 1.46. The van der Waals surface area contributed by atoms with Gasteiger partial charge in [-0.05, 0) is 37.6 Å². The highest BCUT2D eigenvalue weighted by molar-refractivity contribution is 6.00. The number of anilines is 1. The molecule has 1 unspecified atom stereocenters. The van der Waals surface area contributed by atoms with Gasteiger partial charge >= 0.3 is 0 Å². The topological polar surface area (TPSA) is 61.9 Å². The third-order valence-corrected chi connectivity index (χ3v) is 4.94. The van der Waals surface area contributed by atoms with Crippen LogP contribution in [-0.2, 0) is 14.3 Å². The number of amides is 2. The van der Waals surface area contributed by atoms with Crippen molar-refractivity contribution in [2.24, 2.45) is 5.92 Å². The maximum Gasteiger partial charge on any atom is 0.227 e. The summed E-state index contributed by atoms with van der Waals surface area (Å²) < 4.78 is 19.4. The summed E-state index contributed by atoms with van der Waals surface area (Å²) in [4.78, 5) is 28.3. The van der Waals surface area contributed by atoms with E-state index >= 15 is 0 Å². The Bertz CT molecular complexity index is 661. The van der Waals surface area contributed by atoms with Gasteiger partial charge in [0.2, 0.25) is 11.8 Å². The molecule has 2 amide bonds. The highest BCUT2D eigenvalue weighted by atomic mass is 19.1. The number of ether oxygens (including phenoxy) is 1. The van der Waals surface area contributed by atoms with E-state index in [1.807, 2.05) is 0 Å². The molecule has 0 radical (unpaired) electrons. The van der Waals surface area contributed by atoms with E-state index in [1.165, 1.54) is 11.0 Å². The Hall–Kier alpha value is -1.99. The van der Waals surface area contributed by atoms with Crippen LogP contribution < -0.4 is 10.2 Å². The second-order valence-electron chi connectivity index (χ2n) is 6.96. The minimum absolute atomic E-state index is 0.128. The van der Waals surface area contributed by atoms with Crippen LogP contribution in [0.25, 0.3) is 0 Å². The quantitative estimate of drug-likeness (QED) is 0.775. The number of aryl methyl sites for hydroxylation is 1.